The molecule has 1 saturated heterocycles. The van der Waals surface area contributed by atoms with Crippen LogP contribution in [-0.4, -0.2) is 47.8 Å². The van der Waals surface area contributed by atoms with E-state index >= 15 is 0 Å². The minimum absolute atomic E-state index is 0.0817. The molecule has 2 amide bonds. The van der Waals surface area contributed by atoms with Gasteiger partial charge in [-0.25, -0.2) is 4.79 Å². The highest BCUT2D eigenvalue weighted by Gasteiger charge is 2.25. The number of ether oxygens (including phenoxy) is 1. The van der Waals surface area contributed by atoms with Gasteiger partial charge in [-0.2, -0.15) is 0 Å². The van der Waals surface area contributed by atoms with Gasteiger partial charge < -0.3 is 20.1 Å². The average molecular weight is 363 g/mol. The molecule has 0 radical (unpaired) electrons. The number of carbonyl (C=O) groups is 2. The molecule has 8 heteroatoms. The monoisotopic (exact) mass is 362 g/mol. The largest absolute Gasteiger partial charge is 0.481 e. The van der Waals surface area contributed by atoms with Gasteiger partial charge in [0, 0.05) is 27.8 Å². The fourth-order valence-corrected chi connectivity index (χ4v) is 3.33. The number of amides is 2. The number of hydrogen-bond acceptors (Lipinski definition) is 4. The molecule has 1 fully saturated rings. The molecule has 0 aliphatic carbocycles. The number of thiophene rings is 1. The van der Waals surface area contributed by atoms with Gasteiger partial charge in [-0.15, -0.1) is 11.3 Å². The van der Waals surface area contributed by atoms with E-state index in [-0.39, 0.29) is 12.5 Å². The van der Waals surface area contributed by atoms with Crippen LogP contribution in [0.25, 0.3) is 0 Å². The number of aliphatic carboxylic acids is 1. The van der Waals surface area contributed by atoms with E-state index in [4.69, 9.17) is 9.84 Å². The molecule has 2 rings (SSSR count). The number of rotatable bonds is 4. The van der Waals surface area contributed by atoms with Crippen LogP contribution in [0, 0.1) is 0 Å². The normalized spacial score (nSPS) is 18.9. The maximum Gasteiger partial charge on any atom is 0.317 e. The van der Waals surface area contributed by atoms with Crippen molar-refractivity contribution >= 4 is 39.3 Å². The topological polar surface area (TPSA) is 78.9 Å². The lowest BCUT2D eigenvalue weighted by atomic mass is 10.2. The molecule has 0 saturated carbocycles. The van der Waals surface area contributed by atoms with Crippen molar-refractivity contribution in [3.8, 4) is 0 Å². The summed E-state index contributed by atoms with van der Waals surface area (Å²) < 4.78 is 6.33. The Bertz CT molecular complexity index is 494. The smallest absolute Gasteiger partial charge is 0.317 e. The number of carboxylic acid groups (broad SMARTS) is 1. The summed E-state index contributed by atoms with van der Waals surface area (Å²) in [5, 5.41) is 13.5. The second-order valence-corrected chi connectivity index (χ2v) is 6.34. The van der Waals surface area contributed by atoms with E-state index in [1.165, 1.54) is 0 Å². The Morgan fingerprint density at radius 2 is 2.40 bits per heavy atom. The fourth-order valence-electron chi connectivity index (χ4n) is 1.94. The van der Waals surface area contributed by atoms with Gasteiger partial charge in [0.15, 0.2) is 0 Å². The molecule has 1 aliphatic heterocycles. The molecule has 6 nitrogen and oxygen atoms in total. The van der Waals surface area contributed by atoms with Crippen LogP contribution in [0.2, 0.25) is 0 Å². The summed E-state index contributed by atoms with van der Waals surface area (Å²) in [7, 11) is 0. The van der Waals surface area contributed by atoms with Crippen LogP contribution in [-0.2, 0) is 16.1 Å². The van der Waals surface area contributed by atoms with Gasteiger partial charge in [-0.05, 0) is 22.0 Å². The Labute approximate surface area is 128 Å². The van der Waals surface area contributed by atoms with Crippen LogP contribution in [0.4, 0.5) is 4.79 Å². The summed E-state index contributed by atoms with van der Waals surface area (Å²) in [5.74, 6) is -0.916. The summed E-state index contributed by atoms with van der Waals surface area (Å²) in [4.78, 5) is 25.3. The van der Waals surface area contributed by atoms with Crippen molar-refractivity contribution < 1.29 is 19.4 Å². The molecule has 0 spiro atoms. The van der Waals surface area contributed by atoms with E-state index in [0.29, 0.717) is 26.2 Å². The van der Waals surface area contributed by atoms with Gasteiger partial charge in [0.05, 0.1) is 25.7 Å². The average Bonchev–Trinajstić information content (AvgIpc) is 2.81. The number of carbonyl (C=O) groups excluding carboxylic acids is 1. The third-order valence-corrected chi connectivity index (χ3v) is 4.56. The van der Waals surface area contributed by atoms with E-state index in [9.17, 15) is 9.59 Å². The summed E-state index contributed by atoms with van der Waals surface area (Å²) in [5.41, 5.74) is 0. The highest BCUT2D eigenvalue weighted by molar-refractivity contribution is 9.10. The van der Waals surface area contributed by atoms with Crippen LogP contribution in [0.15, 0.2) is 15.9 Å². The standard InChI is InChI=1S/C12H15BrN2O4S/c13-8-3-10(20-7-8)5-14-12(18)15-1-2-19-9(6-15)4-11(16)17/h3,7,9H,1-2,4-6H2,(H,14,18)(H,16,17). The summed E-state index contributed by atoms with van der Waals surface area (Å²) in [6, 6.07) is 1.77. The molecule has 0 aromatic carbocycles. The molecule has 1 unspecified atom stereocenters. The second-order valence-electron chi connectivity index (χ2n) is 4.43. The summed E-state index contributed by atoms with van der Waals surface area (Å²) in [6.07, 6.45) is -0.510. The lowest BCUT2D eigenvalue weighted by Crippen LogP contribution is -2.49. The summed E-state index contributed by atoms with van der Waals surface area (Å²) >= 11 is 4.93. The van der Waals surface area contributed by atoms with Crippen LogP contribution in [0.5, 0.6) is 0 Å². The number of nitrogens with one attached hydrogen (secondary N) is 1. The van der Waals surface area contributed by atoms with E-state index < -0.39 is 12.1 Å². The molecule has 0 bridgehead atoms. The zero-order chi connectivity index (χ0) is 14.5. The van der Waals surface area contributed by atoms with Crippen LogP contribution in [0.1, 0.15) is 11.3 Å². The van der Waals surface area contributed by atoms with Crippen molar-refractivity contribution in [1.82, 2.24) is 10.2 Å². The Balaban J connectivity index is 1.81. The van der Waals surface area contributed by atoms with E-state index in [2.05, 4.69) is 21.2 Å². The Hall–Kier alpha value is -1.12. The first-order valence-corrected chi connectivity index (χ1v) is 7.81. The fraction of sp³-hybridized carbons (Fsp3) is 0.500. The third kappa shape index (κ3) is 4.46. The van der Waals surface area contributed by atoms with Crippen molar-refractivity contribution in [1.29, 1.82) is 0 Å². The summed E-state index contributed by atoms with van der Waals surface area (Å²) in [6.45, 7) is 1.63. The first-order chi connectivity index (χ1) is 9.54. The number of hydrogen-bond donors (Lipinski definition) is 2. The SMILES string of the molecule is O=C(O)CC1CN(C(=O)NCc2cc(Br)cs2)CCO1. The van der Waals surface area contributed by atoms with E-state index in [1.807, 2.05) is 11.4 Å². The zero-order valence-electron chi connectivity index (χ0n) is 10.7. The van der Waals surface area contributed by atoms with E-state index in [1.54, 1.807) is 16.2 Å². The third-order valence-electron chi connectivity index (χ3n) is 2.86. The highest BCUT2D eigenvalue weighted by atomic mass is 79.9. The molecule has 1 aromatic heterocycles. The molecule has 2 heterocycles. The number of morpholine rings is 1. The maximum absolute atomic E-state index is 12.0. The van der Waals surface area contributed by atoms with Crippen molar-refractivity contribution in [3.05, 3.63) is 20.8 Å². The van der Waals surface area contributed by atoms with Gasteiger partial charge in [-0.3, -0.25) is 4.79 Å². The first kappa shape index (κ1) is 15.3. The van der Waals surface area contributed by atoms with Crippen molar-refractivity contribution in [3.63, 3.8) is 0 Å². The second kappa shape index (κ2) is 7.05. The van der Waals surface area contributed by atoms with Crippen molar-refractivity contribution in [2.45, 2.75) is 19.1 Å². The van der Waals surface area contributed by atoms with Gasteiger partial charge in [0.1, 0.15) is 0 Å². The van der Waals surface area contributed by atoms with Crippen LogP contribution >= 0.6 is 27.3 Å². The first-order valence-electron chi connectivity index (χ1n) is 6.13. The lowest BCUT2D eigenvalue weighted by molar-refractivity contribution is -0.141. The molecular weight excluding hydrogens is 348 g/mol. The number of urea groups is 1. The molecule has 20 heavy (non-hydrogen) atoms. The molecule has 1 atom stereocenters. The van der Waals surface area contributed by atoms with E-state index in [0.717, 1.165) is 9.35 Å². The molecule has 110 valence electrons. The Morgan fingerprint density at radius 3 is 3.05 bits per heavy atom. The predicted molar refractivity (Wildman–Crippen MR) is 77.8 cm³/mol. The number of halogens is 1. The number of carboxylic acids is 1. The zero-order valence-corrected chi connectivity index (χ0v) is 13.1. The van der Waals surface area contributed by atoms with Gasteiger partial charge in [0.2, 0.25) is 0 Å². The molecule has 1 aliphatic rings. The molecule has 1 aromatic rings. The highest BCUT2D eigenvalue weighted by Crippen LogP contribution is 2.19. The van der Waals surface area contributed by atoms with Crippen LogP contribution in [0.3, 0.4) is 0 Å². The molecule has 2 N–H and O–H groups in total. The van der Waals surface area contributed by atoms with Gasteiger partial charge >= 0.3 is 12.0 Å². The van der Waals surface area contributed by atoms with Gasteiger partial charge in [0.25, 0.3) is 0 Å². The minimum Gasteiger partial charge on any atom is -0.481 e. The quantitative estimate of drug-likeness (QED) is 0.857. The maximum atomic E-state index is 12.0. The van der Waals surface area contributed by atoms with Crippen molar-refractivity contribution in [2.24, 2.45) is 0 Å². The van der Waals surface area contributed by atoms with Gasteiger partial charge in [-0.1, -0.05) is 0 Å². The Kier molecular flexibility index (Phi) is 5.38. The number of nitrogens with zero attached hydrogens (tertiary/aromatic N) is 1. The predicted octanol–water partition coefficient (Wildman–Crippen LogP) is 1.90. The minimum atomic E-state index is -0.916. The Morgan fingerprint density at radius 1 is 1.60 bits per heavy atom. The lowest BCUT2D eigenvalue weighted by Gasteiger charge is -2.32. The van der Waals surface area contributed by atoms with Crippen molar-refractivity contribution in [2.75, 3.05) is 19.7 Å². The molecular formula is C12H15BrN2O4S. The van der Waals surface area contributed by atoms with Crippen LogP contribution < -0.4 is 5.32 Å².